The molecule has 1 aliphatic rings. The molecule has 1 saturated carbocycles. The first-order valence-corrected chi connectivity index (χ1v) is 9.22. The Labute approximate surface area is 167 Å². The summed E-state index contributed by atoms with van der Waals surface area (Å²) >= 11 is 3.19. The van der Waals surface area contributed by atoms with Gasteiger partial charge in [0.1, 0.15) is 5.75 Å². The van der Waals surface area contributed by atoms with Crippen LogP contribution < -0.4 is 19.5 Å². The van der Waals surface area contributed by atoms with Crippen molar-refractivity contribution < 1.29 is 32.2 Å². The van der Waals surface area contributed by atoms with Gasteiger partial charge in [0.15, 0.2) is 11.5 Å². The molecule has 1 N–H and O–H groups in total. The fourth-order valence-corrected chi connectivity index (χ4v) is 2.76. The minimum absolute atomic E-state index is 0.139. The molecule has 9 heteroatoms. The summed E-state index contributed by atoms with van der Waals surface area (Å²) in [5.74, 6) is 0.551. The van der Waals surface area contributed by atoms with E-state index < -0.39 is 18.0 Å². The highest BCUT2D eigenvalue weighted by atomic mass is 79.9. The maximum Gasteiger partial charge on any atom is 0.573 e. The number of nitrogens with one attached hydrogen (secondary N) is 1. The van der Waals surface area contributed by atoms with Gasteiger partial charge in [0.2, 0.25) is 0 Å². The first-order chi connectivity index (χ1) is 13.2. The highest BCUT2D eigenvalue weighted by molar-refractivity contribution is 9.10. The molecule has 0 aromatic heterocycles. The smallest absolute Gasteiger partial charge is 0.493 e. The molecule has 0 saturated heterocycles. The van der Waals surface area contributed by atoms with E-state index in [0.717, 1.165) is 25.0 Å². The third kappa shape index (κ3) is 5.54. The summed E-state index contributed by atoms with van der Waals surface area (Å²) in [5, 5.41) is 2.55. The molecule has 2 aromatic carbocycles. The molecule has 0 unspecified atom stereocenters. The van der Waals surface area contributed by atoms with Crippen molar-refractivity contribution in [3.05, 3.63) is 46.4 Å². The lowest BCUT2D eigenvalue weighted by molar-refractivity contribution is -0.274. The zero-order chi connectivity index (χ0) is 20.3. The Hall–Kier alpha value is -2.42. The first-order valence-electron chi connectivity index (χ1n) is 8.42. The van der Waals surface area contributed by atoms with Crippen molar-refractivity contribution in [3.63, 3.8) is 0 Å². The topological polar surface area (TPSA) is 56.8 Å². The number of carbonyl (C=O) groups excluding carboxylic acids is 1. The average molecular weight is 460 g/mol. The largest absolute Gasteiger partial charge is 0.573 e. The van der Waals surface area contributed by atoms with Gasteiger partial charge in [0, 0.05) is 16.1 Å². The van der Waals surface area contributed by atoms with Crippen LogP contribution in [0.15, 0.2) is 40.9 Å². The monoisotopic (exact) mass is 459 g/mol. The maximum absolute atomic E-state index is 12.5. The van der Waals surface area contributed by atoms with Gasteiger partial charge in [-0.25, -0.2) is 0 Å². The van der Waals surface area contributed by atoms with Crippen LogP contribution in [-0.4, -0.2) is 26.0 Å². The van der Waals surface area contributed by atoms with Crippen LogP contribution in [-0.2, 0) is 0 Å². The molecule has 150 valence electrons. The van der Waals surface area contributed by atoms with Crippen LogP contribution in [0.1, 0.15) is 23.2 Å². The van der Waals surface area contributed by atoms with Crippen LogP contribution in [0.4, 0.5) is 18.9 Å². The van der Waals surface area contributed by atoms with Gasteiger partial charge < -0.3 is 19.5 Å². The Kier molecular flexibility index (Phi) is 6.02. The number of anilines is 1. The molecule has 3 rings (SSSR count). The number of hydrogen-bond donors (Lipinski definition) is 1. The zero-order valence-electron chi connectivity index (χ0n) is 14.8. The van der Waals surface area contributed by atoms with Crippen LogP contribution in [0, 0.1) is 5.92 Å². The normalized spacial score (nSPS) is 13.8. The first kappa shape index (κ1) is 20.3. The van der Waals surface area contributed by atoms with Gasteiger partial charge in [-0.3, -0.25) is 4.79 Å². The van der Waals surface area contributed by atoms with Gasteiger partial charge in [0.25, 0.3) is 5.91 Å². The SMILES string of the molecule is COc1cc(C(=O)Nc2cc(OC(F)(F)F)ccc2Br)ccc1OCC1CC1. The van der Waals surface area contributed by atoms with E-state index in [1.165, 1.54) is 19.2 Å². The van der Waals surface area contributed by atoms with Gasteiger partial charge in [-0.05, 0) is 65.0 Å². The van der Waals surface area contributed by atoms with Gasteiger partial charge in [0.05, 0.1) is 19.4 Å². The van der Waals surface area contributed by atoms with Crippen LogP contribution >= 0.6 is 15.9 Å². The summed E-state index contributed by atoms with van der Waals surface area (Å²) in [4.78, 5) is 12.5. The van der Waals surface area contributed by atoms with Gasteiger partial charge in [-0.15, -0.1) is 13.2 Å². The standard InChI is InChI=1S/C19H17BrF3NO4/c1-26-17-8-12(4-7-16(17)27-10-11-2-3-11)18(25)24-15-9-13(5-6-14(15)20)28-19(21,22)23/h4-9,11H,2-3,10H2,1H3,(H,24,25). The number of alkyl halides is 3. The fourth-order valence-electron chi connectivity index (χ4n) is 2.41. The molecule has 2 aromatic rings. The van der Waals surface area contributed by atoms with E-state index in [1.54, 1.807) is 12.1 Å². The lowest BCUT2D eigenvalue weighted by Crippen LogP contribution is -2.17. The van der Waals surface area contributed by atoms with Crippen molar-refractivity contribution in [2.75, 3.05) is 19.0 Å². The Morgan fingerprint density at radius 3 is 2.57 bits per heavy atom. The van der Waals surface area contributed by atoms with Gasteiger partial charge >= 0.3 is 6.36 Å². The van der Waals surface area contributed by atoms with Crippen LogP contribution in [0.25, 0.3) is 0 Å². The van der Waals surface area contributed by atoms with Crippen molar-refractivity contribution in [1.82, 2.24) is 0 Å². The van der Waals surface area contributed by atoms with E-state index in [4.69, 9.17) is 9.47 Å². The second-order valence-corrected chi connectivity index (χ2v) is 7.12. The van der Waals surface area contributed by atoms with Crippen molar-refractivity contribution in [2.45, 2.75) is 19.2 Å². The van der Waals surface area contributed by atoms with Crippen LogP contribution in [0.2, 0.25) is 0 Å². The number of carbonyl (C=O) groups is 1. The number of methoxy groups -OCH3 is 1. The fraction of sp³-hybridized carbons (Fsp3) is 0.316. The van der Waals surface area contributed by atoms with Crippen molar-refractivity contribution in [3.8, 4) is 17.2 Å². The minimum atomic E-state index is -4.82. The Morgan fingerprint density at radius 2 is 1.93 bits per heavy atom. The van der Waals surface area contributed by atoms with Crippen molar-refractivity contribution in [2.24, 2.45) is 5.92 Å². The highest BCUT2D eigenvalue weighted by Crippen LogP contribution is 2.34. The van der Waals surface area contributed by atoms with E-state index in [-0.39, 0.29) is 11.3 Å². The molecule has 5 nitrogen and oxygen atoms in total. The molecular formula is C19H17BrF3NO4. The van der Waals surface area contributed by atoms with Crippen LogP contribution in [0.3, 0.4) is 0 Å². The van der Waals surface area contributed by atoms with Crippen LogP contribution in [0.5, 0.6) is 17.2 Å². The second kappa shape index (κ2) is 8.30. The predicted molar refractivity (Wildman–Crippen MR) is 100.0 cm³/mol. The molecule has 0 heterocycles. The molecular weight excluding hydrogens is 443 g/mol. The Morgan fingerprint density at radius 1 is 1.18 bits per heavy atom. The molecule has 0 radical (unpaired) electrons. The number of ether oxygens (including phenoxy) is 3. The molecule has 0 spiro atoms. The minimum Gasteiger partial charge on any atom is -0.493 e. The molecule has 1 amide bonds. The van der Waals surface area contributed by atoms with E-state index in [1.807, 2.05) is 0 Å². The summed E-state index contributed by atoms with van der Waals surface area (Å²) in [6.45, 7) is 0.598. The highest BCUT2D eigenvalue weighted by Gasteiger charge is 2.31. The molecule has 1 fully saturated rings. The second-order valence-electron chi connectivity index (χ2n) is 6.26. The lowest BCUT2D eigenvalue weighted by atomic mass is 10.1. The summed E-state index contributed by atoms with van der Waals surface area (Å²) in [7, 11) is 1.47. The number of rotatable bonds is 7. The van der Waals surface area contributed by atoms with E-state index >= 15 is 0 Å². The Balaban J connectivity index is 1.74. The quantitative estimate of drug-likeness (QED) is 0.602. The number of benzene rings is 2. The summed E-state index contributed by atoms with van der Waals surface area (Å²) in [6, 6.07) is 8.29. The van der Waals surface area contributed by atoms with Crippen molar-refractivity contribution >= 4 is 27.5 Å². The van der Waals surface area contributed by atoms with Crippen molar-refractivity contribution in [1.29, 1.82) is 0 Å². The number of halogens is 4. The third-order valence-electron chi connectivity index (χ3n) is 4.02. The van der Waals surface area contributed by atoms with E-state index in [9.17, 15) is 18.0 Å². The van der Waals surface area contributed by atoms with E-state index in [0.29, 0.717) is 28.5 Å². The van der Waals surface area contributed by atoms with Gasteiger partial charge in [-0.1, -0.05) is 0 Å². The molecule has 1 aliphatic carbocycles. The predicted octanol–water partition coefficient (Wildman–Crippen LogP) is 5.40. The summed E-state index contributed by atoms with van der Waals surface area (Å²) < 4.78 is 52.4. The molecule has 0 aliphatic heterocycles. The molecule has 0 atom stereocenters. The molecule has 28 heavy (non-hydrogen) atoms. The molecule has 0 bridgehead atoms. The lowest BCUT2D eigenvalue weighted by Gasteiger charge is -2.14. The number of hydrogen-bond acceptors (Lipinski definition) is 4. The zero-order valence-corrected chi connectivity index (χ0v) is 16.4. The van der Waals surface area contributed by atoms with Gasteiger partial charge in [-0.2, -0.15) is 0 Å². The Bertz CT molecular complexity index is 869. The van der Waals surface area contributed by atoms with E-state index in [2.05, 4.69) is 26.0 Å². The summed E-state index contributed by atoms with van der Waals surface area (Å²) in [6.07, 6.45) is -2.53. The maximum atomic E-state index is 12.5. The average Bonchev–Trinajstić information content (AvgIpc) is 3.45. The number of amides is 1. The third-order valence-corrected chi connectivity index (χ3v) is 4.71. The summed E-state index contributed by atoms with van der Waals surface area (Å²) in [5.41, 5.74) is 0.407.